The van der Waals surface area contributed by atoms with Crippen LogP contribution < -0.4 is 20.1 Å². The molecule has 300 valence electrons. The number of ether oxygens (including phenoxy) is 4. The van der Waals surface area contributed by atoms with Crippen molar-refractivity contribution in [3.05, 3.63) is 71.5 Å². The molecule has 0 radical (unpaired) electrons. The molecule has 2 aromatic carbocycles. The Bertz CT molecular complexity index is 1900. The first-order valence-electron chi connectivity index (χ1n) is 19.9. The molecule has 56 heavy (non-hydrogen) atoms. The quantitative estimate of drug-likeness (QED) is 0.103. The lowest BCUT2D eigenvalue weighted by atomic mass is 9.70. The summed E-state index contributed by atoms with van der Waals surface area (Å²) in [5, 5.41) is 40.6. The summed E-state index contributed by atoms with van der Waals surface area (Å²) in [7, 11) is 5.73. The molecule has 4 fully saturated rings. The van der Waals surface area contributed by atoms with E-state index in [4.69, 9.17) is 18.9 Å². The van der Waals surface area contributed by atoms with Gasteiger partial charge in [0, 0.05) is 74.5 Å². The largest absolute Gasteiger partial charge is 0.504 e. The zero-order valence-electron chi connectivity index (χ0n) is 31.9. The van der Waals surface area contributed by atoms with Gasteiger partial charge >= 0.3 is 5.97 Å². The smallest absolute Gasteiger partial charge is 0.302 e. The Morgan fingerprint density at radius 2 is 1.96 bits per heavy atom. The van der Waals surface area contributed by atoms with Gasteiger partial charge < -0.3 is 44.9 Å². The van der Waals surface area contributed by atoms with Crippen LogP contribution in [-0.4, -0.2) is 86.8 Å². The molecule has 14 heteroatoms. The number of guanidine groups is 1. The van der Waals surface area contributed by atoms with Gasteiger partial charge in [-0.1, -0.05) is 33.7 Å². The van der Waals surface area contributed by atoms with Gasteiger partial charge in [0.05, 0.1) is 24.4 Å². The number of carbonyl (C=O) groups excluding carboxylic acids is 1. The van der Waals surface area contributed by atoms with Crippen LogP contribution in [0.1, 0.15) is 81.1 Å². The van der Waals surface area contributed by atoms with Crippen LogP contribution in [0, 0.1) is 11.8 Å². The van der Waals surface area contributed by atoms with Gasteiger partial charge in [-0.05, 0) is 92.0 Å². The van der Waals surface area contributed by atoms with Crippen molar-refractivity contribution in [1.29, 1.82) is 0 Å². The first-order valence-corrected chi connectivity index (χ1v) is 22.2. The van der Waals surface area contributed by atoms with Gasteiger partial charge in [0.1, 0.15) is 12.2 Å². The standard InChI is InChI=1S/C42H52N4O8S2/c1-24(47)52-34-21-33(27-19-32(49)39(50)36(20-27)51-16-12-25-5-4-14-44-23-25)54-40-29(34)8-10-37-30(40)17-26-7-9-31(48)35(18-26)53-28-6-3-13-42(22-28)38(56-55-37)11-15-45-41(43-2)46-42/h4-5,7,9,14,18-20,23,28-30,33-34,37-38,40,48-50H,3,6,8,10-13,15-17,21-22H2,1-2H3,(H2,43,45,46). The summed E-state index contributed by atoms with van der Waals surface area (Å²) < 4.78 is 25.9. The number of phenolic OH excluding ortho intramolecular Hbond substituents is 3. The Kier molecular flexibility index (Phi) is 11.7. The monoisotopic (exact) mass is 804 g/mol. The number of nitrogens with zero attached hydrogens (tertiary/aromatic N) is 2. The van der Waals surface area contributed by atoms with Crippen LogP contribution >= 0.6 is 21.6 Å². The minimum atomic E-state index is -0.543. The molecular formula is C42H52N4O8S2. The van der Waals surface area contributed by atoms with E-state index in [0.29, 0.717) is 30.6 Å². The van der Waals surface area contributed by atoms with Crippen LogP contribution in [0.3, 0.4) is 0 Å². The minimum Gasteiger partial charge on any atom is -0.504 e. The molecular weight excluding hydrogens is 753 g/mol. The number of aromatic nitrogens is 1. The van der Waals surface area contributed by atoms with Crippen molar-refractivity contribution in [3.63, 3.8) is 0 Å². The zero-order chi connectivity index (χ0) is 38.8. The van der Waals surface area contributed by atoms with Crippen LogP contribution in [-0.2, 0) is 27.1 Å². The van der Waals surface area contributed by atoms with E-state index in [9.17, 15) is 20.1 Å². The van der Waals surface area contributed by atoms with Gasteiger partial charge in [-0.3, -0.25) is 14.8 Å². The molecule has 12 nitrogen and oxygen atoms in total. The van der Waals surface area contributed by atoms with Crippen molar-refractivity contribution in [2.75, 3.05) is 20.2 Å². The fraction of sp³-hybridized carbons (Fsp3) is 0.548. The Morgan fingerprint density at radius 1 is 1.07 bits per heavy atom. The zero-order valence-corrected chi connectivity index (χ0v) is 33.5. The average Bonchev–Trinajstić information content (AvgIpc) is 3.35. The number of phenols is 3. The molecule has 1 aromatic heterocycles. The Balaban J connectivity index is 1.12. The Morgan fingerprint density at radius 3 is 2.79 bits per heavy atom. The van der Waals surface area contributed by atoms with Gasteiger partial charge in [0.15, 0.2) is 29.0 Å². The minimum absolute atomic E-state index is 0.0196. The summed E-state index contributed by atoms with van der Waals surface area (Å²) in [6, 6.07) is 12.8. The molecule has 8 rings (SSSR count). The van der Waals surface area contributed by atoms with Crippen molar-refractivity contribution in [2.24, 2.45) is 16.8 Å². The van der Waals surface area contributed by atoms with Crippen LogP contribution in [0.5, 0.6) is 28.7 Å². The predicted octanol–water partition coefficient (Wildman–Crippen LogP) is 6.61. The Hall–Kier alpha value is -4.01. The molecule has 2 saturated carbocycles. The van der Waals surface area contributed by atoms with Gasteiger partial charge in [-0.2, -0.15) is 0 Å². The molecule has 4 bridgehead atoms. The maximum atomic E-state index is 12.6. The molecule has 9 unspecified atom stereocenters. The van der Waals surface area contributed by atoms with E-state index < -0.39 is 12.2 Å². The van der Waals surface area contributed by atoms with E-state index in [-0.39, 0.29) is 75.7 Å². The van der Waals surface area contributed by atoms with Crippen molar-refractivity contribution in [1.82, 2.24) is 15.6 Å². The Labute approximate surface area is 335 Å². The second kappa shape index (κ2) is 16.8. The highest BCUT2D eigenvalue weighted by Crippen LogP contribution is 2.54. The summed E-state index contributed by atoms with van der Waals surface area (Å²) in [6.07, 6.45) is 10.3. The lowest BCUT2D eigenvalue weighted by molar-refractivity contribution is -0.191. The van der Waals surface area contributed by atoms with E-state index in [1.807, 2.05) is 52.9 Å². The van der Waals surface area contributed by atoms with E-state index in [0.717, 1.165) is 68.6 Å². The number of hydrogen-bond acceptors (Lipinski definition) is 12. The molecule has 2 saturated heterocycles. The molecule has 1 spiro atoms. The number of benzene rings is 2. The van der Waals surface area contributed by atoms with Crippen molar-refractivity contribution in [2.45, 2.75) is 112 Å². The number of carbonyl (C=O) groups is 1. The number of nitrogens with one attached hydrogen (secondary N) is 2. The van der Waals surface area contributed by atoms with Gasteiger partial charge in [0.25, 0.3) is 0 Å². The summed E-state index contributed by atoms with van der Waals surface area (Å²) in [5.74, 6) is 0.599. The van der Waals surface area contributed by atoms with Crippen molar-refractivity contribution >= 4 is 33.5 Å². The van der Waals surface area contributed by atoms with Crippen LogP contribution in [0.4, 0.5) is 0 Å². The first-order chi connectivity index (χ1) is 27.2. The third-order valence-corrected chi connectivity index (χ3v) is 15.9. The summed E-state index contributed by atoms with van der Waals surface area (Å²) in [6.45, 7) is 2.53. The number of fused-ring (bicyclic) bond motifs is 6. The predicted molar refractivity (Wildman–Crippen MR) is 217 cm³/mol. The van der Waals surface area contributed by atoms with E-state index in [1.54, 1.807) is 24.5 Å². The summed E-state index contributed by atoms with van der Waals surface area (Å²) in [5.41, 5.74) is 2.44. The number of rotatable bonds is 6. The molecule has 5 aliphatic rings. The van der Waals surface area contributed by atoms with E-state index >= 15 is 0 Å². The number of pyridine rings is 1. The molecule has 9 atom stereocenters. The highest BCUT2D eigenvalue weighted by molar-refractivity contribution is 8.77. The van der Waals surface area contributed by atoms with Gasteiger partial charge in [-0.25, -0.2) is 0 Å². The lowest BCUT2D eigenvalue weighted by Crippen LogP contribution is -2.59. The number of esters is 1. The second-order valence-corrected chi connectivity index (χ2v) is 18.6. The average molecular weight is 805 g/mol. The van der Waals surface area contributed by atoms with Gasteiger partial charge in [-0.15, -0.1) is 0 Å². The topological polar surface area (TPSA) is 164 Å². The van der Waals surface area contributed by atoms with Crippen molar-refractivity contribution in [3.8, 4) is 28.7 Å². The van der Waals surface area contributed by atoms with Crippen LogP contribution in [0.25, 0.3) is 0 Å². The fourth-order valence-electron chi connectivity index (χ4n) is 9.53. The molecule has 3 aliphatic heterocycles. The maximum absolute atomic E-state index is 12.6. The molecule has 5 N–H and O–H groups in total. The molecule has 3 aromatic rings. The van der Waals surface area contributed by atoms with Gasteiger partial charge in [0.2, 0.25) is 5.75 Å². The number of aromatic hydroxyl groups is 3. The molecule has 2 aliphatic carbocycles. The number of hydrogen-bond donors (Lipinski definition) is 5. The van der Waals surface area contributed by atoms with Crippen LogP contribution in [0.2, 0.25) is 0 Å². The third kappa shape index (κ3) is 8.33. The van der Waals surface area contributed by atoms with Crippen molar-refractivity contribution < 1.29 is 39.1 Å². The van der Waals surface area contributed by atoms with Crippen LogP contribution in [0.15, 0.2) is 59.9 Å². The fourth-order valence-corrected chi connectivity index (χ4v) is 13.5. The second-order valence-electron chi connectivity index (χ2n) is 15.9. The van der Waals surface area contributed by atoms with E-state index in [1.165, 1.54) is 13.0 Å². The third-order valence-electron chi connectivity index (χ3n) is 12.2. The maximum Gasteiger partial charge on any atom is 0.302 e. The SMILES string of the molecule is CN=C1NCCC2SSC3CCC4C(OC(C)=O)CC(c5cc(O)c(O)c(OCCc6cccnc6)c5)OC4C3Cc3ccc(O)c(c3)OC3CCCC2(C3)N1. The first kappa shape index (κ1) is 38.8. The highest BCUT2D eigenvalue weighted by atomic mass is 33.1. The molecule has 4 heterocycles. The lowest BCUT2D eigenvalue weighted by Gasteiger charge is -2.50. The summed E-state index contributed by atoms with van der Waals surface area (Å²) in [4.78, 5) is 21.3. The highest BCUT2D eigenvalue weighted by Gasteiger charge is 2.51. The normalized spacial score (nSPS) is 32.1. The van der Waals surface area contributed by atoms with E-state index in [2.05, 4.69) is 20.6 Å². The summed E-state index contributed by atoms with van der Waals surface area (Å²) >= 11 is 0. The number of aliphatic imine (C=N–C) groups is 1. The molecule has 0 amide bonds.